The number of alkyl halides is 3. The lowest BCUT2D eigenvalue weighted by Crippen LogP contribution is -2.19. The second-order valence-corrected chi connectivity index (χ2v) is 2.55. The molecule has 4 heteroatoms. The maximum absolute atomic E-state index is 12.0. The lowest BCUT2D eigenvalue weighted by atomic mass is 10.2. The molecule has 0 fully saturated rings. The lowest BCUT2D eigenvalue weighted by Gasteiger charge is -2.04. The summed E-state index contributed by atoms with van der Waals surface area (Å²) in [5.74, 6) is 0. The first-order valence-corrected chi connectivity index (χ1v) is 3.85. The van der Waals surface area contributed by atoms with E-state index in [1.165, 1.54) is 6.20 Å². The van der Waals surface area contributed by atoms with Gasteiger partial charge in [0.25, 0.3) is 0 Å². The summed E-state index contributed by atoms with van der Waals surface area (Å²) in [6.45, 7) is 6.62. The normalized spacial score (nSPS) is 14.5. The summed E-state index contributed by atoms with van der Waals surface area (Å²) in [5, 5.41) is 0. The third kappa shape index (κ3) is 4.50. The van der Waals surface area contributed by atoms with Crippen molar-refractivity contribution in [3.63, 3.8) is 0 Å². The van der Waals surface area contributed by atoms with Crippen molar-refractivity contribution < 1.29 is 13.2 Å². The quantitative estimate of drug-likeness (QED) is 0.605. The van der Waals surface area contributed by atoms with Gasteiger partial charge in [0, 0.05) is 6.20 Å². The standard InChI is InChI=1S/C9H12F3N/c1-4-7(3)6-13-8(5-2)9(10,11)12/h5-6H,2,4H2,1,3H3/b7-6+,13-8+. The van der Waals surface area contributed by atoms with Crippen LogP contribution in [0, 0.1) is 0 Å². The molecule has 0 aromatic heterocycles. The van der Waals surface area contributed by atoms with Crippen molar-refractivity contribution in [2.24, 2.45) is 4.99 Å². The van der Waals surface area contributed by atoms with E-state index in [0.717, 1.165) is 5.57 Å². The highest BCUT2D eigenvalue weighted by molar-refractivity contribution is 5.99. The van der Waals surface area contributed by atoms with Crippen LogP contribution in [-0.4, -0.2) is 11.9 Å². The molecule has 0 amide bonds. The molecule has 0 atom stereocenters. The molecule has 13 heavy (non-hydrogen) atoms. The van der Waals surface area contributed by atoms with E-state index in [9.17, 15) is 13.2 Å². The Morgan fingerprint density at radius 3 is 2.31 bits per heavy atom. The lowest BCUT2D eigenvalue weighted by molar-refractivity contribution is -0.0576. The van der Waals surface area contributed by atoms with E-state index in [4.69, 9.17) is 0 Å². The largest absolute Gasteiger partial charge is 0.433 e. The second kappa shape index (κ2) is 4.84. The van der Waals surface area contributed by atoms with Crippen LogP contribution in [0.4, 0.5) is 13.2 Å². The molecule has 0 unspecified atom stereocenters. The van der Waals surface area contributed by atoms with E-state index in [-0.39, 0.29) is 0 Å². The molecule has 0 bridgehead atoms. The van der Waals surface area contributed by atoms with Crippen LogP contribution in [0.5, 0.6) is 0 Å². The Bertz CT molecular complexity index is 236. The number of aliphatic imine (C=N–C) groups is 1. The Hall–Kier alpha value is -1.06. The Balaban J connectivity index is 4.69. The molecule has 0 aliphatic carbocycles. The second-order valence-electron chi connectivity index (χ2n) is 2.55. The van der Waals surface area contributed by atoms with E-state index in [1.807, 2.05) is 6.92 Å². The molecule has 0 saturated carbocycles. The molecule has 0 heterocycles. The van der Waals surface area contributed by atoms with Gasteiger partial charge >= 0.3 is 6.18 Å². The fourth-order valence-corrected chi connectivity index (χ4v) is 0.513. The van der Waals surface area contributed by atoms with Crippen LogP contribution in [0.1, 0.15) is 20.3 Å². The van der Waals surface area contributed by atoms with Crippen molar-refractivity contribution in [2.45, 2.75) is 26.4 Å². The topological polar surface area (TPSA) is 12.4 Å². The van der Waals surface area contributed by atoms with Gasteiger partial charge in [-0.05, 0) is 19.4 Å². The fourth-order valence-electron chi connectivity index (χ4n) is 0.513. The van der Waals surface area contributed by atoms with Crippen LogP contribution in [0.15, 0.2) is 29.4 Å². The minimum atomic E-state index is -4.41. The molecule has 0 N–H and O–H groups in total. The predicted molar refractivity (Wildman–Crippen MR) is 47.7 cm³/mol. The molecule has 0 radical (unpaired) electrons. The summed E-state index contributed by atoms with van der Waals surface area (Å²) in [6.07, 6.45) is -1.80. The number of hydrogen-bond donors (Lipinski definition) is 0. The average Bonchev–Trinajstić information content (AvgIpc) is 2.02. The van der Waals surface area contributed by atoms with Gasteiger partial charge in [-0.15, -0.1) is 0 Å². The van der Waals surface area contributed by atoms with Crippen molar-refractivity contribution >= 4 is 5.71 Å². The Morgan fingerprint density at radius 1 is 1.46 bits per heavy atom. The Labute approximate surface area is 75.7 Å². The number of hydrogen-bond acceptors (Lipinski definition) is 1. The van der Waals surface area contributed by atoms with Gasteiger partial charge < -0.3 is 0 Å². The summed E-state index contributed by atoms with van der Waals surface area (Å²) in [4.78, 5) is 3.30. The summed E-state index contributed by atoms with van der Waals surface area (Å²) < 4.78 is 36.1. The summed E-state index contributed by atoms with van der Waals surface area (Å²) in [7, 11) is 0. The smallest absolute Gasteiger partial charge is 0.252 e. The monoisotopic (exact) mass is 191 g/mol. The zero-order valence-electron chi connectivity index (χ0n) is 7.65. The first kappa shape index (κ1) is 11.9. The van der Waals surface area contributed by atoms with Gasteiger partial charge in [-0.25, -0.2) is 0 Å². The first-order chi connectivity index (χ1) is 5.91. The van der Waals surface area contributed by atoms with E-state index in [2.05, 4.69) is 11.6 Å². The molecular formula is C9H12F3N. The van der Waals surface area contributed by atoms with Crippen LogP contribution >= 0.6 is 0 Å². The van der Waals surface area contributed by atoms with Gasteiger partial charge in [0.2, 0.25) is 0 Å². The van der Waals surface area contributed by atoms with Crippen LogP contribution in [0.3, 0.4) is 0 Å². The first-order valence-electron chi connectivity index (χ1n) is 3.85. The van der Waals surface area contributed by atoms with Crippen LogP contribution in [-0.2, 0) is 0 Å². The minimum absolute atomic E-state index is 0.686. The highest BCUT2D eigenvalue weighted by Gasteiger charge is 2.32. The molecule has 0 aromatic rings. The van der Waals surface area contributed by atoms with E-state index < -0.39 is 11.9 Å². The molecule has 0 aliphatic heterocycles. The van der Waals surface area contributed by atoms with E-state index in [0.29, 0.717) is 12.5 Å². The number of rotatable bonds is 3. The van der Waals surface area contributed by atoms with Crippen molar-refractivity contribution in [1.29, 1.82) is 0 Å². The molecule has 0 saturated heterocycles. The summed E-state index contributed by atoms with van der Waals surface area (Å²) in [6, 6.07) is 0. The summed E-state index contributed by atoms with van der Waals surface area (Å²) in [5.41, 5.74) is -0.163. The van der Waals surface area contributed by atoms with Crippen LogP contribution in [0.2, 0.25) is 0 Å². The van der Waals surface area contributed by atoms with Crippen molar-refractivity contribution in [1.82, 2.24) is 0 Å². The van der Waals surface area contributed by atoms with Crippen molar-refractivity contribution in [3.8, 4) is 0 Å². The zero-order chi connectivity index (χ0) is 10.5. The number of halogens is 3. The third-order valence-corrected chi connectivity index (χ3v) is 1.47. The Kier molecular flexibility index (Phi) is 4.45. The predicted octanol–water partition coefficient (Wildman–Crippen LogP) is 3.49. The highest BCUT2D eigenvalue weighted by Crippen LogP contribution is 2.18. The minimum Gasteiger partial charge on any atom is -0.252 e. The van der Waals surface area contributed by atoms with E-state index in [1.54, 1.807) is 6.92 Å². The fraction of sp³-hybridized carbons (Fsp3) is 0.444. The van der Waals surface area contributed by atoms with Gasteiger partial charge in [0.1, 0.15) is 5.71 Å². The number of allylic oxidation sites excluding steroid dienone is 2. The van der Waals surface area contributed by atoms with Crippen molar-refractivity contribution in [2.75, 3.05) is 0 Å². The molecule has 74 valence electrons. The van der Waals surface area contributed by atoms with E-state index >= 15 is 0 Å². The SMILES string of the molecule is C=C/C(=N\C=C(/C)CC)C(F)(F)F. The highest BCUT2D eigenvalue weighted by atomic mass is 19.4. The molecule has 0 aliphatic rings. The molecular weight excluding hydrogens is 179 g/mol. The molecule has 0 rings (SSSR count). The maximum Gasteiger partial charge on any atom is 0.433 e. The number of nitrogens with zero attached hydrogens (tertiary/aromatic N) is 1. The molecule has 0 spiro atoms. The summed E-state index contributed by atoms with van der Waals surface area (Å²) >= 11 is 0. The maximum atomic E-state index is 12.0. The average molecular weight is 191 g/mol. The molecule has 0 aromatic carbocycles. The molecule has 1 nitrogen and oxygen atoms in total. The van der Waals surface area contributed by atoms with Gasteiger partial charge in [-0.3, -0.25) is 4.99 Å². The zero-order valence-corrected chi connectivity index (χ0v) is 7.65. The van der Waals surface area contributed by atoms with Gasteiger partial charge in [0.15, 0.2) is 0 Å². The van der Waals surface area contributed by atoms with Gasteiger partial charge in [-0.1, -0.05) is 19.1 Å². The van der Waals surface area contributed by atoms with Crippen LogP contribution < -0.4 is 0 Å². The van der Waals surface area contributed by atoms with Crippen molar-refractivity contribution in [3.05, 3.63) is 24.4 Å². The Morgan fingerprint density at radius 2 is 2.00 bits per heavy atom. The van der Waals surface area contributed by atoms with Gasteiger partial charge in [-0.2, -0.15) is 13.2 Å². The third-order valence-electron chi connectivity index (χ3n) is 1.47. The van der Waals surface area contributed by atoms with Gasteiger partial charge in [0.05, 0.1) is 0 Å². The van der Waals surface area contributed by atoms with Crippen LogP contribution in [0.25, 0.3) is 0 Å².